The molecule has 8 rings (SSSR count). The maximum absolute atomic E-state index is 12.2. The average Bonchev–Trinajstić information content (AvgIpc) is 3.29. The van der Waals surface area contributed by atoms with Gasteiger partial charge in [-0.2, -0.15) is 0 Å². The van der Waals surface area contributed by atoms with E-state index in [2.05, 4.69) is 10.0 Å². The van der Waals surface area contributed by atoms with Gasteiger partial charge in [0.05, 0.1) is 39.1 Å². The first-order valence-corrected chi connectivity index (χ1v) is 20.7. The number of azide groups is 1. The summed E-state index contributed by atoms with van der Waals surface area (Å²) >= 11 is 1.43. The fraction of sp³-hybridized carbons (Fsp3) is 0.348. The second kappa shape index (κ2) is 20.6. The SMILES string of the molecule is [N-]=[N+]=N[C@@H]1[C@@H](OCc2ccccc2)[C@H](O[C@H]2O[C@@H]3COC(c4ccccc4)O[C@H]3[C@H](O)[C@@H]2OCc2ccccc2)[C@@H](COCc2ccccc2)O[C@H]1Sc1ccccc1. The van der Waals surface area contributed by atoms with Crippen LogP contribution in [0, 0.1) is 0 Å². The van der Waals surface area contributed by atoms with Gasteiger partial charge in [-0.3, -0.25) is 0 Å². The third-order valence-corrected chi connectivity index (χ3v) is 11.6. The average molecular weight is 818 g/mol. The summed E-state index contributed by atoms with van der Waals surface area (Å²) in [5, 5.41) is 16.5. The highest BCUT2D eigenvalue weighted by molar-refractivity contribution is 7.99. The van der Waals surface area contributed by atoms with E-state index in [1.54, 1.807) is 0 Å². The number of ether oxygens (including phenoxy) is 8. The van der Waals surface area contributed by atoms with Gasteiger partial charge < -0.3 is 43.0 Å². The van der Waals surface area contributed by atoms with Crippen molar-refractivity contribution in [2.24, 2.45) is 5.11 Å². The van der Waals surface area contributed by atoms with Gasteiger partial charge in [0, 0.05) is 15.4 Å². The zero-order valence-corrected chi connectivity index (χ0v) is 33.1. The molecule has 3 aliphatic rings. The molecule has 0 radical (unpaired) electrons. The van der Waals surface area contributed by atoms with Crippen LogP contribution in [-0.4, -0.2) is 78.8 Å². The van der Waals surface area contributed by atoms with Crippen molar-refractivity contribution in [2.45, 2.75) is 91.5 Å². The van der Waals surface area contributed by atoms with E-state index in [1.165, 1.54) is 11.8 Å². The van der Waals surface area contributed by atoms with Crippen LogP contribution in [0.15, 0.2) is 162 Å². The van der Waals surface area contributed by atoms with Crippen LogP contribution in [0.2, 0.25) is 0 Å². The Morgan fingerprint density at radius 1 is 0.661 bits per heavy atom. The van der Waals surface area contributed by atoms with Gasteiger partial charge in [0.25, 0.3) is 0 Å². The molecule has 1 unspecified atom stereocenters. The van der Waals surface area contributed by atoms with E-state index < -0.39 is 66.8 Å². The van der Waals surface area contributed by atoms with Crippen molar-refractivity contribution in [3.63, 3.8) is 0 Å². The standard InChI is InChI=1S/C46H47N3O9S/c47-49-48-38-42(52-27-32-18-8-2-9-19-32)41(36(29-51-26-31-16-6-1-7-17-31)56-46(38)59-35-24-14-5-15-25-35)58-45-43(53-28-33-20-10-3-11-21-33)39(50)40-37(55-45)30-54-44(57-40)34-22-12-4-13-23-34/h1-25,36-46,50H,26-30H2/t36-,37-,38-,39+,40-,41-,42-,43+,44?,45-,46+/m1/s1. The Bertz CT molecular complexity index is 2050. The number of fused-ring (bicyclic) bond motifs is 1. The van der Waals surface area contributed by atoms with Crippen molar-refractivity contribution in [3.05, 3.63) is 184 Å². The zero-order valence-electron chi connectivity index (χ0n) is 32.3. The summed E-state index contributed by atoms with van der Waals surface area (Å²) in [6.07, 6.45) is -8.13. The van der Waals surface area contributed by atoms with Crippen molar-refractivity contribution < 1.29 is 43.0 Å². The van der Waals surface area contributed by atoms with Gasteiger partial charge in [0.2, 0.25) is 0 Å². The topological polar surface area (TPSA) is 143 Å². The third-order valence-electron chi connectivity index (χ3n) is 10.4. The molecule has 5 aromatic rings. The van der Waals surface area contributed by atoms with Gasteiger partial charge in [-0.05, 0) is 34.4 Å². The van der Waals surface area contributed by atoms with E-state index in [4.69, 9.17) is 37.9 Å². The Morgan fingerprint density at radius 3 is 1.83 bits per heavy atom. The molecule has 1 N–H and O–H groups in total. The van der Waals surface area contributed by atoms with Crippen LogP contribution in [0.25, 0.3) is 10.4 Å². The molecular weight excluding hydrogens is 771 g/mol. The highest BCUT2D eigenvalue weighted by Crippen LogP contribution is 2.41. The largest absolute Gasteiger partial charge is 0.387 e. The van der Waals surface area contributed by atoms with E-state index >= 15 is 0 Å². The van der Waals surface area contributed by atoms with E-state index in [-0.39, 0.29) is 26.4 Å². The summed E-state index contributed by atoms with van der Waals surface area (Å²) in [5.74, 6) is 0. The molecule has 3 heterocycles. The molecule has 59 heavy (non-hydrogen) atoms. The van der Waals surface area contributed by atoms with E-state index in [0.29, 0.717) is 6.61 Å². The van der Waals surface area contributed by atoms with Crippen molar-refractivity contribution in [1.82, 2.24) is 0 Å². The number of aliphatic hydroxyl groups excluding tert-OH is 1. The number of thioether (sulfide) groups is 1. The summed E-state index contributed by atoms with van der Waals surface area (Å²) in [6.45, 7) is 0.904. The normalized spacial score (nSPS) is 29.2. The van der Waals surface area contributed by atoms with Gasteiger partial charge in [0.15, 0.2) is 12.6 Å². The first-order chi connectivity index (χ1) is 29.1. The third kappa shape index (κ3) is 10.6. The van der Waals surface area contributed by atoms with Gasteiger partial charge in [-0.1, -0.05) is 156 Å². The maximum Gasteiger partial charge on any atom is 0.187 e. The molecule has 306 valence electrons. The van der Waals surface area contributed by atoms with Crippen LogP contribution < -0.4 is 0 Å². The summed E-state index contributed by atoms with van der Waals surface area (Å²) in [6, 6.07) is 47.8. The van der Waals surface area contributed by atoms with Crippen LogP contribution in [0.1, 0.15) is 28.5 Å². The minimum Gasteiger partial charge on any atom is -0.387 e. The molecule has 11 atom stereocenters. The fourth-order valence-corrected chi connectivity index (χ4v) is 8.61. The lowest BCUT2D eigenvalue weighted by Crippen LogP contribution is -2.66. The summed E-state index contributed by atoms with van der Waals surface area (Å²) in [5.41, 5.74) is 13.0. The molecule has 0 saturated carbocycles. The Morgan fingerprint density at radius 2 is 1.22 bits per heavy atom. The number of nitrogens with zero attached hydrogens (tertiary/aromatic N) is 3. The number of benzene rings is 5. The molecule has 0 amide bonds. The molecule has 5 aromatic carbocycles. The Balaban J connectivity index is 1.12. The number of rotatable bonds is 16. The van der Waals surface area contributed by atoms with Gasteiger partial charge in [0.1, 0.15) is 48.1 Å². The predicted molar refractivity (Wildman–Crippen MR) is 220 cm³/mol. The molecule has 0 bridgehead atoms. The van der Waals surface area contributed by atoms with Crippen LogP contribution in [-0.2, 0) is 57.7 Å². The smallest absolute Gasteiger partial charge is 0.187 e. The van der Waals surface area contributed by atoms with Gasteiger partial charge in [-0.25, -0.2) is 0 Å². The molecule has 0 aliphatic carbocycles. The van der Waals surface area contributed by atoms with E-state index in [1.807, 2.05) is 152 Å². The fourth-order valence-electron chi connectivity index (χ4n) is 7.48. The van der Waals surface area contributed by atoms with Crippen molar-refractivity contribution in [3.8, 4) is 0 Å². The van der Waals surface area contributed by atoms with Crippen molar-refractivity contribution in [2.75, 3.05) is 13.2 Å². The molecule has 3 saturated heterocycles. The highest BCUT2D eigenvalue weighted by Gasteiger charge is 2.54. The second-order valence-electron chi connectivity index (χ2n) is 14.5. The number of aliphatic hydroxyl groups is 1. The first-order valence-electron chi connectivity index (χ1n) is 19.8. The molecule has 3 fully saturated rings. The van der Waals surface area contributed by atoms with E-state index in [0.717, 1.165) is 27.1 Å². The van der Waals surface area contributed by atoms with Crippen LogP contribution in [0.5, 0.6) is 0 Å². The highest BCUT2D eigenvalue weighted by atomic mass is 32.2. The second-order valence-corrected chi connectivity index (χ2v) is 15.7. The molecule has 0 aromatic heterocycles. The summed E-state index contributed by atoms with van der Waals surface area (Å²) in [4.78, 5) is 4.20. The predicted octanol–water partition coefficient (Wildman–Crippen LogP) is 8.16. The minimum absolute atomic E-state index is 0.0987. The Hall–Kier alpha value is -4.60. The van der Waals surface area contributed by atoms with E-state index in [9.17, 15) is 10.6 Å². The Kier molecular flexibility index (Phi) is 14.4. The van der Waals surface area contributed by atoms with Crippen LogP contribution >= 0.6 is 11.8 Å². The van der Waals surface area contributed by atoms with Crippen LogP contribution in [0.3, 0.4) is 0 Å². The molecule has 0 spiro atoms. The lowest BCUT2D eigenvalue weighted by atomic mass is 9.95. The summed E-state index contributed by atoms with van der Waals surface area (Å²) < 4.78 is 52.7. The van der Waals surface area contributed by atoms with Gasteiger partial charge >= 0.3 is 0 Å². The maximum atomic E-state index is 12.2. The lowest BCUT2D eigenvalue weighted by Gasteiger charge is -2.50. The first kappa shape index (κ1) is 41.1. The molecule has 12 nitrogen and oxygen atoms in total. The molecule has 13 heteroatoms. The lowest BCUT2D eigenvalue weighted by molar-refractivity contribution is -0.381. The van der Waals surface area contributed by atoms with Crippen molar-refractivity contribution >= 4 is 11.8 Å². The number of hydrogen-bond acceptors (Lipinski definition) is 11. The van der Waals surface area contributed by atoms with Gasteiger partial charge in [-0.15, -0.1) is 0 Å². The monoisotopic (exact) mass is 817 g/mol. The molecular formula is C46H47N3O9S. The quantitative estimate of drug-likeness (QED) is 0.0589. The zero-order chi connectivity index (χ0) is 40.2. The molecule has 3 aliphatic heterocycles. The number of hydrogen-bond donors (Lipinski definition) is 1. The summed E-state index contributed by atoms with van der Waals surface area (Å²) in [7, 11) is 0. The van der Waals surface area contributed by atoms with Crippen molar-refractivity contribution in [1.29, 1.82) is 0 Å². The Labute approximate surface area is 347 Å². The van der Waals surface area contributed by atoms with Crippen LogP contribution in [0.4, 0.5) is 0 Å². The minimum atomic E-state index is -1.19.